The average Bonchev–Trinajstić information content (AvgIpc) is 2.91. The quantitative estimate of drug-likeness (QED) is 0.828. The fourth-order valence-electron chi connectivity index (χ4n) is 4.37. The Balaban J connectivity index is 1.69. The van der Waals surface area contributed by atoms with Gasteiger partial charge in [-0.15, -0.1) is 0 Å². The number of rotatable bonds is 3. The molecule has 2 heterocycles. The van der Waals surface area contributed by atoms with Crippen molar-refractivity contribution in [3.63, 3.8) is 0 Å². The summed E-state index contributed by atoms with van der Waals surface area (Å²) >= 11 is 0. The van der Waals surface area contributed by atoms with Crippen LogP contribution in [-0.2, 0) is 14.9 Å². The van der Waals surface area contributed by atoms with Gasteiger partial charge in [-0.25, -0.2) is 4.79 Å². The van der Waals surface area contributed by atoms with Gasteiger partial charge < -0.3 is 15.0 Å². The number of nitrogens with zero attached hydrogens (tertiary/aromatic N) is 1. The number of piperidine rings is 1. The van der Waals surface area contributed by atoms with E-state index in [4.69, 9.17) is 4.74 Å². The maximum atomic E-state index is 12.6. The molecule has 0 bridgehead atoms. The van der Waals surface area contributed by atoms with Gasteiger partial charge in [0.2, 0.25) is 5.91 Å². The predicted octanol–water partition coefficient (Wildman–Crippen LogP) is 4.81. The highest BCUT2D eigenvalue weighted by atomic mass is 16.6. The first-order chi connectivity index (χ1) is 12.7. The van der Waals surface area contributed by atoms with Crippen LogP contribution in [0.2, 0.25) is 0 Å². The second-order valence-electron chi connectivity index (χ2n) is 8.79. The molecule has 1 aromatic carbocycles. The number of carbonyl (C=O) groups is 2. The lowest BCUT2D eigenvalue weighted by molar-refractivity contribution is -0.121. The third kappa shape index (κ3) is 3.69. The highest BCUT2D eigenvalue weighted by Crippen LogP contribution is 2.44. The first kappa shape index (κ1) is 19.7. The second-order valence-corrected chi connectivity index (χ2v) is 8.79. The molecule has 0 saturated carbocycles. The molecule has 5 heteroatoms. The highest BCUT2D eigenvalue weighted by molar-refractivity contribution is 6.06. The van der Waals surface area contributed by atoms with E-state index < -0.39 is 5.60 Å². The van der Waals surface area contributed by atoms with E-state index in [9.17, 15) is 9.59 Å². The fraction of sp³-hybridized carbons (Fsp3) is 0.636. The Kier molecular flexibility index (Phi) is 5.24. The summed E-state index contributed by atoms with van der Waals surface area (Å²) in [7, 11) is 0. The average molecular weight is 373 g/mol. The Bertz CT molecular complexity index is 724. The third-order valence-electron chi connectivity index (χ3n) is 6.07. The van der Waals surface area contributed by atoms with E-state index >= 15 is 0 Å². The smallest absolute Gasteiger partial charge is 0.410 e. The molecule has 0 atom stereocenters. The molecule has 5 nitrogen and oxygen atoms in total. The van der Waals surface area contributed by atoms with Crippen LogP contribution in [-0.4, -0.2) is 35.6 Å². The Morgan fingerprint density at radius 2 is 1.85 bits per heavy atom. The van der Waals surface area contributed by atoms with Gasteiger partial charge >= 0.3 is 6.09 Å². The van der Waals surface area contributed by atoms with Crippen molar-refractivity contribution in [3.8, 4) is 0 Å². The molecule has 27 heavy (non-hydrogen) atoms. The number of nitrogens with one attached hydrogen (secondary N) is 1. The van der Waals surface area contributed by atoms with E-state index in [0.717, 1.165) is 36.9 Å². The first-order valence-corrected chi connectivity index (χ1v) is 10.1. The van der Waals surface area contributed by atoms with Gasteiger partial charge in [0.15, 0.2) is 0 Å². The molecule has 0 radical (unpaired) electrons. The van der Waals surface area contributed by atoms with Crippen LogP contribution in [0.25, 0.3) is 0 Å². The number of ether oxygens (including phenoxy) is 1. The van der Waals surface area contributed by atoms with Gasteiger partial charge in [0, 0.05) is 18.8 Å². The lowest BCUT2D eigenvalue weighted by Gasteiger charge is -2.33. The van der Waals surface area contributed by atoms with Gasteiger partial charge in [-0.1, -0.05) is 26.0 Å². The van der Waals surface area contributed by atoms with Gasteiger partial charge in [-0.3, -0.25) is 4.79 Å². The molecule has 0 spiro atoms. The van der Waals surface area contributed by atoms with Gasteiger partial charge in [0.1, 0.15) is 5.60 Å². The SMILES string of the molecule is CCC1(CC)C(=O)Nc2cc(C3CCN(C(=O)OC(C)(C)C)CC3)ccc21. The number of fused-ring (bicyclic) bond motifs is 1. The van der Waals surface area contributed by atoms with Crippen molar-refractivity contribution in [1.82, 2.24) is 4.90 Å². The van der Waals surface area contributed by atoms with Gasteiger partial charge in [0.05, 0.1) is 5.41 Å². The molecule has 1 saturated heterocycles. The summed E-state index contributed by atoms with van der Waals surface area (Å²) in [6.45, 7) is 11.3. The van der Waals surface area contributed by atoms with Crippen molar-refractivity contribution in [1.29, 1.82) is 0 Å². The normalized spacial score (nSPS) is 19.6. The fourth-order valence-corrected chi connectivity index (χ4v) is 4.37. The largest absolute Gasteiger partial charge is 0.444 e. The molecular formula is C22H32N2O3. The summed E-state index contributed by atoms with van der Waals surface area (Å²) in [4.78, 5) is 26.6. The van der Waals surface area contributed by atoms with Crippen molar-refractivity contribution < 1.29 is 14.3 Å². The predicted molar refractivity (Wildman–Crippen MR) is 107 cm³/mol. The van der Waals surface area contributed by atoms with E-state index in [1.165, 1.54) is 5.56 Å². The minimum absolute atomic E-state index is 0.124. The van der Waals surface area contributed by atoms with Gasteiger partial charge in [-0.2, -0.15) is 0 Å². The van der Waals surface area contributed by atoms with Gasteiger partial charge in [0.25, 0.3) is 0 Å². The van der Waals surface area contributed by atoms with E-state index in [1.54, 1.807) is 4.90 Å². The minimum atomic E-state index is -0.461. The van der Waals surface area contributed by atoms with Crippen molar-refractivity contribution in [2.45, 2.75) is 77.2 Å². The van der Waals surface area contributed by atoms with Crippen LogP contribution in [0.5, 0.6) is 0 Å². The molecule has 1 N–H and O–H groups in total. The molecule has 2 aliphatic heterocycles. The Hall–Kier alpha value is -2.04. The monoisotopic (exact) mass is 372 g/mol. The number of hydrogen-bond donors (Lipinski definition) is 1. The van der Waals surface area contributed by atoms with Crippen LogP contribution in [0.4, 0.5) is 10.5 Å². The highest BCUT2D eigenvalue weighted by Gasteiger charge is 2.44. The standard InChI is InChI=1S/C22H32N2O3/c1-6-22(7-2)17-9-8-16(14-18(17)23-19(22)25)15-10-12-24(13-11-15)20(26)27-21(3,4)5/h8-9,14-15H,6-7,10-13H2,1-5H3,(H,23,25). The van der Waals surface area contributed by atoms with Crippen LogP contribution < -0.4 is 5.32 Å². The van der Waals surface area contributed by atoms with E-state index in [-0.39, 0.29) is 17.4 Å². The molecule has 148 valence electrons. The Labute approximate surface area is 162 Å². The number of anilines is 1. The summed E-state index contributed by atoms with van der Waals surface area (Å²) < 4.78 is 5.48. The zero-order valence-corrected chi connectivity index (χ0v) is 17.2. The number of carbonyl (C=O) groups excluding carboxylic acids is 2. The molecular weight excluding hydrogens is 340 g/mol. The molecule has 1 aromatic rings. The summed E-state index contributed by atoms with van der Waals surface area (Å²) in [6, 6.07) is 6.46. The number of hydrogen-bond acceptors (Lipinski definition) is 3. The van der Waals surface area contributed by atoms with Crippen LogP contribution in [0.3, 0.4) is 0 Å². The summed E-state index contributed by atoms with van der Waals surface area (Å²) in [5.41, 5.74) is 2.51. The Morgan fingerprint density at radius 1 is 1.22 bits per heavy atom. The lowest BCUT2D eigenvalue weighted by atomic mass is 9.76. The summed E-state index contributed by atoms with van der Waals surface area (Å²) in [5.74, 6) is 0.531. The summed E-state index contributed by atoms with van der Waals surface area (Å²) in [5, 5.41) is 3.10. The minimum Gasteiger partial charge on any atom is -0.444 e. The van der Waals surface area contributed by atoms with Crippen molar-refractivity contribution >= 4 is 17.7 Å². The number of benzene rings is 1. The molecule has 0 unspecified atom stereocenters. The van der Waals surface area contributed by atoms with Crippen LogP contribution in [0.1, 0.15) is 77.3 Å². The van der Waals surface area contributed by atoms with Crippen LogP contribution >= 0.6 is 0 Å². The lowest BCUT2D eigenvalue weighted by Crippen LogP contribution is -2.41. The molecule has 3 rings (SSSR count). The molecule has 2 aliphatic rings. The van der Waals surface area contributed by atoms with Crippen LogP contribution in [0.15, 0.2) is 18.2 Å². The maximum Gasteiger partial charge on any atom is 0.410 e. The van der Waals surface area contributed by atoms with E-state index in [0.29, 0.717) is 19.0 Å². The maximum absolute atomic E-state index is 12.6. The van der Waals surface area contributed by atoms with E-state index in [1.807, 2.05) is 20.8 Å². The first-order valence-electron chi connectivity index (χ1n) is 10.1. The molecule has 0 aliphatic carbocycles. The van der Waals surface area contributed by atoms with Crippen molar-refractivity contribution in [3.05, 3.63) is 29.3 Å². The van der Waals surface area contributed by atoms with Crippen LogP contribution in [0, 0.1) is 0 Å². The summed E-state index contributed by atoms with van der Waals surface area (Å²) in [6.07, 6.45) is 3.24. The zero-order chi connectivity index (χ0) is 19.8. The number of likely N-dealkylation sites (tertiary alicyclic amines) is 1. The van der Waals surface area contributed by atoms with Crippen molar-refractivity contribution in [2.75, 3.05) is 18.4 Å². The zero-order valence-electron chi connectivity index (χ0n) is 17.2. The molecule has 1 fully saturated rings. The number of amides is 2. The molecule has 2 amide bonds. The third-order valence-corrected chi connectivity index (χ3v) is 6.07. The Morgan fingerprint density at radius 3 is 2.41 bits per heavy atom. The van der Waals surface area contributed by atoms with Gasteiger partial charge in [-0.05, 0) is 69.6 Å². The topological polar surface area (TPSA) is 58.6 Å². The van der Waals surface area contributed by atoms with Crippen molar-refractivity contribution in [2.24, 2.45) is 0 Å². The van der Waals surface area contributed by atoms with E-state index in [2.05, 4.69) is 37.4 Å². The molecule has 0 aromatic heterocycles. The second kappa shape index (κ2) is 7.17.